The minimum atomic E-state index is 0.0699. The maximum absolute atomic E-state index is 9.35. The van der Waals surface area contributed by atoms with Gasteiger partial charge in [-0.1, -0.05) is 31.0 Å². The van der Waals surface area contributed by atoms with E-state index >= 15 is 0 Å². The predicted molar refractivity (Wildman–Crippen MR) is 70.8 cm³/mol. The number of nitrogens with two attached hydrogens (primary N) is 1. The van der Waals surface area contributed by atoms with Gasteiger partial charge >= 0.3 is 0 Å². The molecule has 16 heavy (non-hydrogen) atoms. The molecule has 0 heterocycles. The molecule has 2 atom stereocenters. The van der Waals surface area contributed by atoms with Gasteiger partial charge in [0.15, 0.2) is 0 Å². The Morgan fingerprint density at radius 2 is 2.19 bits per heavy atom. The van der Waals surface area contributed by atoms with E-state index in [1.807, 2.05) is 6.07 Å². The zero-order valence-corrected chi connectivity index (χ0v) is 10.8. The minimum absolute atomic E-state index is 0.0699. The molecule has 0 bridgehead atoms. The number of hydrogen-bond donors (Lipinski definition) is 2. The van der Waals surface area contributed by atoms with Crippen LogP contribution in [0.3, 0.4) is 0 Å². The van der Waals surface area contributed by atoms with Gasteiger partial charge in [-0.25, -0.2) is 0 Å². The van der Waals surface area contributed by atoms with Crippen molar-refractivity contribution in [2.75, 3.05) is 6.61 Å². The van der Waals surface area contributed by atoms with E-state index in [4.69, 9.17) is 5.73 Å². The molecule has 2 nitrogen and oxygen atoms in total. The standard InChI is InChI=1S/C13H21NOS/c1-3-5-12(14)13(9-15)16-11-7-4-6-10(2)8-11/h4,6-8,12-13,15H,3,5,9,14H2,1-2H3. The van der Waals surface area contributed by atoms with E-state index in [1.54, 1.807) is 11.8 Å². The summed E-state index contributed by atoms with van der Waals surface area (Å²) in [4.78, 5) is 1.19. The van der Waals surface area contributed by atoms with E-state index in [2.05, 4.69) is 32.0 Å². The van der Waals surface area contributed by atoms with E-state index in [0.717, 1.165) is 12.8 Å². The lowest BCUT2D eigenvalue weighted by atomic mass is 10.1. The SMILES string of the molecule is CCCC(N)C(CO)Sc1cccc(C)c1. The molecule has 0 fully saturated rings. The van der Waals surface area contributed by atoms with Crippen molar-refractivity contribution in [3.05, 3.63) is 29.8 Å². The van der Waals surface area contributed by atoms with Crippen molar-refractivity contribution in [1.29, 1.82) is 0 Å². The van der Waals surface area contributed by atoms with Gasteiger partial charge in [0.2, 0.25) is 0 Å². The van der Waals surface area contributed by atoms with Crippen LogP contribution in [0.2, 0.25) is 0 Å². The maximum atomic E-state index is 9.35. The fraction of sp³-hybridized carbons (Fsp3) is 0.538. The number of hydrogen-bond acceptors (Lipinski definition) is 3. The van der Waals surface area contributed by atoms with Crippen molar-refractivity contribution in [2.24, 2.45) is 5.73 Å². The van der Waals surface area contributed by atoms with Crippen LogP contribution in [0.15, 0.2) is 29.2 Å². The Bertz CT molecular complexity index is 317. The summed E-state index contributed by atoms with van der Waals surface area (Å²) in [5, 5.41) is 9.45. The Balaban J connectivity index is 2.62. The molecular formula is C13H21NOS. The highest BCUT2D eigenvalue weighted by Crippen LogP contribution is 2.26. The molecule has 0 saturated heterocycles. The van der Waals surface area contributed by atoms with Crippen molar-refractivity contribution < 1.29 is 5.11 Å². The second-order valence-electron chi connectivity index (χ2n) is 4.11. The topological polar surface area (TPSA) is 46.2 Å². The van der Waals surface area contributed by atoms with Gasteiger partial charge in [-0.15, -0.1) is 11.8 Å². The van der Waals surface area contributed by atoms with Gasteiger partial charge in [0, 0.05) is 16.2 Å². The molecule has 1 aromatic carbocycles. The number of benzene rings is 1. The molecular weight excluding hydrogens is 218 g/mol. The lowest BCUT2D eigenvalue weighted by Gasteiger charge is -2.21. The Kier molecular flexibility index (Phi) is 5.88. The summed E-state index contributed by atoms with van der Waals surface area (Å²) < 4.78 is 0. The number of rotatable bonds is 6. The molecule has 0 aliphatic rings. The normalized spacial score (nSPS) is 14.8. The van der Waals surface area contributed by atoms with Crippen molar-refractivity contribution >= 4 is 11.8 Å². The summed E-state index contributed by atoms with van der Waals surface area (Å²) >= 11 is 1.68. The van der Waals surface area contributed by atoms with E-state index in [-0.39, 0.29) is 17.9 Å². The molecule has 2 unspecified atom stereocenters. The summed E-state index contributed by atoms with van der Waals surface area (Å²) in [7, 11) is 0. The summed E-state index contributed by atoms with van der Waals surface area (Å²) in [6.45, 7) is 4.33. The molecule has 0 radical (unpaired) electrons. The number of aryl methyl sites for hydroxylation is 1. The lowest BCUT2D eigenvalue weighted by molar-refractivity contribution is 0.279. The molecule has 0 saturated carbocycles. The van der Waals surface area contributed by atoms with E-state index in [1.165, 1.54) is 10.5 Å². The number of aliphatic hydroxyl groups is 1. The van der Waals surface area contributed by atoms with Crippen molar-refractivity contribution in [1.82, 2.24) is 0 Å². The van der Waals surface area contributed by atoms with Gasteiger partial charge in [-0.2, -0.15) is 0 Å². The summed E-state index contributed by atoms with van der Waals surface area (Å²) in [5.74, 6) is 0. The Morgan fingerprint density at radius 1 is 1.44 bits per heavy atom. The molecule has 0 aliphatic carbocycles. The third-order valence-electron chi connectivity index (χ3n) is 2.56. The fourth-order valence-corrected chi connectivity index (χ4v) is 2.79. The number of aliphatic hydroxyl groups excluding tert-OH is 1. The van der Waals surface area contributed by atoms with Crippen LogP contribution in [0, 0.1) is 6.92 Å². The van der Waals surface area contributed by atoms with Gasteiger partial charge in [-0.3, -0.25) is 0 Å². The zero-order chi connectivity index (χ0) is 12.0. The van der Waals surface area contributed by atoms with E-state index in [9.17, 15) is 5.11 Å². The highest BCUT2D eigenvalue weighted by Gasteiger charge is 2.17. The van der Waals surface area contributed by atoms with Gasteiger partial charge in [0.1, 0.15) is 0 Å². The second-order valence-corrected chi connectivity index (χ2v) is 5.42. The van der Waals surface area contributed by atoms with Crippen LogP contribution in [-0.4, -0.2) is 23.0 Å². The molecule has 90 valence electrons. The number of thioether (sulfide) groups is 1. The highest BCUT2D eigenvalue weighted by atomic mass is 32.2. The average Bonchev–Trinajstić information content (AvgIpc) is 2.26. The Morgan fingerprint density at radius 3 is 2.75 bits per heavy atom. The third kappa shape index (κ3) is 4.16. The van der Waals surface area contributed by atoms with Crippen LogP contribution < -0.4 is 5.73 Å². The van der Waals surface area contributed by atoms with E-state index in [0.29, 0.717) is 0 Å². The van der Waals surface area contributed by atoms with Crippen molar-refractivity contribution in [3.8, 4) is 0 Å². The first-order valence-corrected chi connectivity index (χ1v) is 6.65. The van der Waals surface area contributed by atoms with Crippen LogP contribution >= 0.6 is 11.8 Å². The first kappa shape index (κ1) is 13.6. The molecule has 3 N–H and O–H groups in total. The summed E-state index contributed by atoms with van der Waals surface area (Å²) in [6, 6.07) is 8.38. The van der Waals surface area contributed by atoms with Crippen LogP contribution in [0.25, 0.3) is 0 Å². The van der Waals surface area contributed by atoms with Gasteiger partial charge in [-0.05, 0) is 25.5 Å². The highest BCUT2D eigenvalue weighted by molar-refractivity contribution is 8.00. The van der Waals surface area contributed by atoms with Gasteiger partial charge in [0.05, 0.1) is 6.61 Å². The van der Waals surface area contributed by atoms with Gasteiger partial charge < -0.3 is 10.8 Å². The zero-order valence-electron chi connectivity index (χ0n) is 10.0. The Labute approximate surface area is 102 Å². The Hall–Kier alpha value is -0.510. The van der Waals surface area contributed by atoms with Crippen LogP contribution in [0.1, 0.15) is 25.3 Å². The largest absolute Gasteiger partial charge is 0.395 e. The smallest absolute Gasteiger partial charge is 0.0568 e. The quantitative estimate of drug-likeness (QED) is 0.750. The first-order valence-electron chi connectivity index (χ1n) is 5.77. The molecule has 0 spiro atoms. The molecule has 0 aromatic heterocycles. The maximum Gasteiger partial charge on any atom is 0.0568 e. The van der Waals surface area contributed by atoms with Gasteiger partial charge in [0.25, 0.3) is 0 Å². The predicted octanol–water partition coefficient (Wildman–Crippen LogP) is 2.58. The van der Waals surface area contributed by atoms with Crippen molar-refractivity contribution in [3.63, 3.8) is 0 Å². The third-order valence-corrected chi connectivity index (χ3v) is 3.88. The lowest BCUT2D eigenvalue weighted by Crippen LogP contribution is -2.34. The minimum Gasteiger partial charge on any atom is -0.395 e. The molecule has 0 amide bonds. The summed E-state index contributed by atoms with van der Waals surface area (Å²) in [6.07, 6.45) is 2.02. The van der Waals surface area contributed by atoms with Crippen LogP contribution in [0.5, 0.6) is 0 Å². The monoisotopic (exact) mass is 239 g/mol. The first-order chi connectivity index (χ1) is 7.67. The second kappa shape index (κ2) is 6.94. The van der Waals surface area contributed by atoms with Crippen LogP contribution in [-0.2, 0) is 0 Å². The molecule has 0 aliphatic heterocycles. The van der Waals surface area contributed by atoms with Crippen molar-refractivity contribution in [2.45, 2.75) is 42.9 Å². The molecule has 1 aromatic rings. The molecule has 1 rings (SSSR count). The van der Waals surface area contributed by atoms with Crippen LogP contribution in [0.4, 0.5) is 0 Å². The average molecular weight is 239 g/mol. The fourth-order valence-electron chi connectivity index (χ4n) is 1.64. The molecule has 3 heteroatoms. The summed E-state index contributed by atoms with van der Waals surface area (Å²) in [5.41, 5.74) is 7.29. The van der Waals surface area contributed by atoms with E-state index < -0.39 is 0 Å².